The number of hydrogen-bond acceptors (Lipinski definition) is 5. The van der Waals surface area contributed by atoms with Crippen molar-refractivity contribution in [2.75, 3.05) is 18.9 Å². The summed E-state index contributed by atoms with van der Waals surface area (Å²) in [6.07, 6.45) is 7.16. The molecule has 0 saturated heterocycles. The minimum Gasteiger partial charge on any atom is -0.461 e. The first-order chi connectivity index (χ1) is 16.4. The van der Waals surface area contributed by atoms with Crippen molar-refractivity contribution in [1.82, 2.24) is 10.1 Å². The largest absolute Gasteiger partial charge is 0.461 e. The van der Waals surface area contributed by atoms with E-state index in [0.717, 1.165) is 52.8 Å². The number of benzene rings is 1. The molecule has 1 aliphatic rings. The van der Waals surface area contributed by atoms with Crippen LogP contribution in [-0.2, 0) is 0 Å². The normalized spacial score (nSPS) is 15.3. The highest BCUT2D eigenvalue weighted by atomic mass is 16.5. The zero-order chi connectivity index (χ0) is 24.2. The molecule has 6 nitrogen and oxygen atoms in total. The van der Waals surface area contributed by atoms with Gasteiger partial charge in [-0.3, -0.25) is 4.79 Å². The molecule has 4 rings (SSSR count). The lowest BCUT2D eigenvalue weighted by Gasteiger charge is -2.31. The zero-order valence-corrected chi connectivity index (χ0v) is 21.1. The predicted molar refractivity (Wildman–Crippen MR) is 135 cm³/mol. The van der Waals surface area contributed by atoms with E-state index in [9.17, 15) is 4.79 Å². The van der Waals surface area contributed by atoms with Crippen molar-refractivity contribution < 1.29 is 13.7 Å². The van der Waals surface area contributed by atoms with Crippen LogP contribution >= 0.6 is 0 Å². The summed E-state index contributed by atoms with van der Waals surface area (Å²) >= 11 is 0. The van der Waals surface area contributed by atoms with Crippen LogP contribution in [0.1, 0.15) is 84.6 Å². The third-order valence-corrected chi connectivity index (χ3v) is 7.05. The average molecular weight is 464 g/mol. The number of aromatic nitrogens is 1. The summed E-state index contributed by atoms with van der Waals surface area (Å²) in [7, 11) is 1.86. The molecule has 1 atom stereocenters. The lowest BCUT2D eigenvalue weighted by Crippen LogP contribution is -2.27. The quantitative estimate of drug-likeness (QED) is 0.387. The maximum atomic E-state index is 12.6. The van der Waals surface area contributed by atoms with Gasteiger partial charge in [0, 0.05) is 30.4 Å². The van der Waals surface area contributed by atoms with Gasteiger partial charge >= 0.3 is 0 Å². The Bertz CT molecular complexity index is 1090. The summed E-state index contributed by atoms with van der Waals surface area (Å²) in [5.41, 5.74) is 4.70. The Kier molecular flexibility index (Phi) is 7.44. The van der Waals surface area contributed by atoms with Crippen LogP contribution in [-0.4, -0.2) is 29.6 Å². The van der Waals surface area contributed by atoms with E-state index in [1.54, 1.807) is 4.90 Å². The fourth-order valence-electron chi connectivity index (χ4n) is 5.23. The third-order valence-electron chi connectivity index (χ3n) is 7.05. The zero-order valence-electron chi connectivity index (χ0n) is 21.1. The number of furan rings is 1. The van der Waals surface area contributed by atoms with E-state index >= 15 is 0 Å². The molecule has 1 unspecified atom stereocenters. The Labute approximate surface area is 202 Å². The van der Waals surface area contributed by atoms with E-state index in [0.29, 0.717) is 5.92 Å². The first-order valence-electron chi connectivity index (χ1n) is 12.5. The smallest absolute Gasteiger partial charge is 0.253 e. The second-order valence-corrected chi connectivity index (χ2v) is 9.65. The molecule has 1 fully saturated rings. The van der Waals surface area contributed by atoms with Gasteiger partial charge in [0.25, 0.3) is 5.91 Å². The van der Waals surface area contributed by atoms with Crippen molar-refractivity contribution in [3.05, 3.63) is 58.7 Å². The Morgan fingerprint density at radius 3 is 2.44 bits per heavy atom. The number of amides is 1. The first-order valence-corrected chi connectivity index (χ1v) is 12.5. The molecule has 0 aliphatic heterocycles. The molecule has 1 N–H and O–H groups in total. The highest BCUT2D eigenvalue weighted by Crippen LogP contribution is 2.41. The van der Waals surface area contributed by atoms with Crippen molar-refractivity contribution in [2.45, 2.75) is 72.3 Å². The van der Waals surface area contributed by atoms with Crippen LogP contribution in [0.5, 0.6) is 0 Å². The second kappa shape index (κ2) is 10.5. The molecule has 0 radical (unpaired) electrons. The van der Waals surface area contributed by atoms with E-state index < -0.39 is 0 Å². The summed E-state index contributed by atoms with van der Waals surface area (Å²) in [4.78, 5) is 14.4. The standard InChI is InChI=1S/C28H37N3O3/c1-6-16-31(5)28(32)22-12-14-23(15-13-22)29-27(21-10-8-7-9-11-21)24-17-25(33-19(24)3)26-18(2)30-34-20(26)4/h12-15,17,21,27,29H,6-11,16H2,1-5H3. The molecule has 2 heterocycles. The molecule has 1 aromatic carbocycles. The van der Waals surface area contributed by atoms with Gasteiger partial charge in [-0.1, -0.05) is 31.3 Å². The predicted octanol–water partition coefficient (Wildman–Crippen LogP) is 7.08. The van der Waals surface area contributed by atoms with Crippen LogP contribution < -0.4 is 5.32 Å². The number of hydrogen-bond donors (Lipinski definition) is 1. The van der Waals surface area contributed by atoms with Crippen molar-refractivity contribution in [1.29, 1.82) is 0 Å². The van der Waals surface area contributed by atoms with Crippen LogP contribution in [0.15, 0.2) is 39.3 Å². The molecule has 1 amide bonds. The van der Waals surface area contributed by atoms with Gasteiger partial charge in [0.2, 0.25) is 0 Å². The number of anilines is 1. The van der Waals surface area contributed by atoms with Crippen LogP contribution in [0.2, 0.25) is 0 Å². The maximum absolute atomic E-state index is 12.6. The van der Waals surface area contributed by atoms with E-state index in [-0.39, 0.29) is 11.9 Å². The van der Waals surface area contributed by atoms with E-state index in [4.69, 9.17) is 8.94 Å². The van der Waals surface area contributed by atoms with Crippen LogP contribution in [0.4, 0.5) is 5.69 Å². The number of aryl methyl sites for hydroxylation is 3. The highest BCUT2D eigenvalue weighted by molar-refractivity contribution is 5.94. The topological polar surface area (TPSA) is 71.5 Å². The minimum absolute atomic E-state index is 0.0620. The van der Waals surface area contributed by atoms with E-state index in [1.807, 2.05) is 52.1 Å². The summed E-state index contributed by atoms with van der Waals surface area (Å²) < 4.78 is 11.6. The number of nitrogens with zero attached hydrogens (tertiary/aromatic N) is 2. The Balaban J connectivity index is 1.61. The van der Waals surface area contributed by atoms with Crippen molar-refractivity contribution >= 4 is 11.6 Å². The van der Waals surface area contributed by atoms with Gasteiger partial charge in [-0.2, -0.15) is 0 Å². The van der Waals surface area contributed by atoms with Gasteiger partial charge in [-0.05, 0) is 76.3 Å². The monoisotopic (exact) mass is 463 g/mol. The molecular formula is C28H37N3O3. The van der Waals surface area contributed by atoms with Gasteiger partial charge in [0.15, 0.2) is 0 Å². The maximum Gasteiger partial charge on any atom is 0.253 e. The minimum atomic E-state index is 0.0620. The summed E-state index contributed by atoms with van der Waals surface area (Å²) in [6.45, 7) is 8.75. The van der Waals surface area contributed by atoms with Gasteiger partial charge < -0.3 is 19.2 Å². The lowest BCUT2D eigenvalue weighted by molar-refractivity contribution is 0.0795. The van der Waals surface area contributed by atoms with Crippen molar-refractivity contribution in [3.63, 3.8) is 0 Å². The van der Waals surface area contributed by atoms with E-state index in [2.05, 4.69) is 23.5 Å². The Morgan fingerprint density at radius 2 is 1.82 bits per heavy atom. The fraction of sp³-hybridized carbons (Fsp3) is 0.500. The van der Waals surface area contributed by atoms with Gasteiger partial charge in [-0.15, -0.1) is 0 Å². The molecule has 182 valence electrons. The molecule has 1 saturated carbocycles. The third kappa shape index (κ3) is 5.06. The lowest BCUT2D eigenvalue weighted by atomic mass is 9.81. The number of rotatable bonds is 8. The van der Waals surface area contributed by atoms with Crippen LogP contribution in [0.25, 0.3) is 11.3 Å². The van der Waals surface area contributed by atoms with Crippen LogP contribution in [0.3, 0.4) is 0 Å². The summed E-state index contributed by atoms with van der Waals surface area (Å²) in [5, 5.41) is 7.89. The first kappa shape index (κ1) is 24.1. The van der Waals surface area contributed by atoms with Gasteiger partial charge in [-0.25, -0.2) is 0 Å². The molecule has 0 spiro atoms. The molecule has 1 aliphatic carbocycles. The molecule has 0 bridgehead atoms. The van der Waals surface area contributed by atoms with Crippen molar-refractivity contribution in [2.24, 2.45) is 5.92 Å². The highest BCUT2D eigenvalue weighted by Gasteiger charge is 2.29. The average Bonchev–Trinajstić information content (AvgIpc) is 3.38. The SMILES string of the molecule is CCCN(C)C(=O)c1ccc(NC(c2cc(-c3c(C)noc3C)oc2C)C2CCCCC2)cc1. The second-order valence-electron chi connectivity index (χ2n) is 9.65. The fourth-order valence-corrected chi connectivity index (χ4v) is 5.23. The molecule has 3 aromatic rings. The van der Waals surface area contributed by atoms with Crippen molar-refractivity contribution in [3.8, 4) is 11.3 Å². The molecule has 2 aromatic heterocycles. The van der Waals surface area contributed by atoms with Gasteiger partial charge in [0.1, 0.15) is 17.3 Å². The number of carbonyl (C=O) groups excluding carboxylic acids is 1. The summed E-state index contributed by atoms with van der Waals surface area (Å²) in [5.74, 6) is 3.09. The number of carbonyl (C=O) groups is 1. The molecule has 34 heavy (non-hydrogen) atoms. The Hall–Kier alpha value is -3.02. The molecular weight excluding hydrogens is 426 g/mol. The Morgan fingerprint density at radius 1 is 1.12 bits per heavy atom. The van der Waals surface area contributed by atoms with Crippen LogP contribution in [0, 0.1) is 26.7 Å². The van der Waals surface area contributed by atoms with E-state index in [1.165, 1.54) is 37.7 Å². The van der Waals surface area contributed by atoms with Gasteiger partial charge in [0.05, 0.1) is 17.3 Å². The summed E-state index contributed by atoms with van der Waals surface area (Å²) in [6, 6.07) is 10.2. The number of nitrogens with one attached hydrogen (secondary N) is 1. The molecule has 6 heteroatoms.